The van der Waals surface area contributed by atoms with Gasteiger partial charge < -0.3 is 5.32 Å². The Kier molecular flexibility index (Phi) is 5.24. The fourth-order valence-corrected chi connectivity index (χ4v) is 3.74. The molecule has 0 saturated carbocycles. The number of thiazole rings is 1. The predicted molar refractivity (Wildman–Crippen MR) is 90.7 cm³/mol. The van der Waals surface area contributed by atoms with Gasteiger partial charge in [0.2, 0.25) is 0 Å². The highest BCUT2D eigenvalue weighted by molar-refractivity contribution is 7.99. The topological polar surface area (TPSA) is 24.9 Å². The number of rotatable bonds is 6. The Morgan fingerprint density at radius 3 is 2.50 bits per heavy atom. The van der Waals surface area contributed by atoms with E-state index in [2.05, 4.69) is 62.7 Å². The van der Waals surface area contributed by atoms with Crippen molar-refractivity contribution in [2.45, 2.75) is 38.1 Å². The summed E-state index contributed by atoms with van der Waals surface area (Å²) in [5, 5.41) is 6.73. The van der Waals surface area contributed by atoms with Gasteiger partial charge in [0.05, 0.1) is 11.2 Å². The molecule has 20 heavy (non-hydrogen) atoms. The number of hydrogen-bond donors (Lipinski definition) is 1. The molecule has 1 aromatic heterocycles. The molecule has 0 spiro atoms. The molecule has 2 aromatic rings. The van der Waals surface area contributed by atoms with Crippen LogP contribution in [-0.2, 0) is 5.54 Å². The highest BCUT2D eigenvalue weighted by Gasteiger charge is 2.22. The highest BCUT2D eigenvalue weighted by atomic mass is 32.2. The second kappa shape index (κ2) is 6.74. The minimum absolute atomic E-state index is 0.0680. The molecule has 0 fully saturated rings. The fraction of sp³-hybridized carbons (Fsp3) is 0.438. The molecule has 2 rings (SSSR count). The maximum atomic E-state index is 4.80. The van der Waals surface area contributed by atoms with E-state index < -0.39 is 0 Å². The van der Waals surface area contributed by atoms with Gasteiger partial charge in [-0.1, -0.05) is 26.0 Å². The number of thioether (sulfide) groups is 1. The van der Waals surface area contributed by atoms with E-state index in [4.69, 9.17) is 4.98 Å². The summed E-state index contributed by atoms with van der Waals surface area (Å²) < 4.78 is 0. The first kappa shape index (κ1) is 15.5. The smallest absolute Gasteiger partial charge is 0.123 e. The molecule has 0 aliphatic heterocycles. The van der Waals surface area contributed by atoms with Crippen LogP contribution in [0.5, 0.6) is 0 Å². The van der Waals surface area contributed by atoms with Crippen molar-refractivity contribution in [2.75, 3.05) is 12.3 Å². The lowest BCUT2D eigenvalue weighted by Gasteiger charge is -2.23. The number of nitrogens with one attached hydrogen (secondary N) is 1. The number of hydrogen-bond acceptors (Lipinski definition) is 4. The fourth-order valence-electron chi connectivity index (χ4n) is 2.09. The first-order valence-corrected chi connectivity index (χ1v) is 8.87. The Morgan fingerprint density at radius 2 is 1.90 bits per heavy atom. The van der Waals surface area contributed by atoms with Gasteiger partial charge in [-0.15, -0.1) is 23.1 Å². The van der Waals surface area contributed by atoms with Crippen LogP contribution < -0.4 is 5.32 Å². The minimum Gasteiger partial charge on any atom is -0.307 e. The number of benzene rings is 1. The third-order valence-corrected chi connectivity index (χ3v) is 4.96. The van der Waals surface area contributed by atoms with Crippen molar-refractivity contribution in [1.29, 1.82) is 0 Å². The quantitative estimate of drug-likeness (QED) is 0.778. The molecule has 0 saturated heterocycles. The van der Waals surface area contributed by atoms with Gasteiger partial charge in [0.1, 0.15) is 5.01 Å². The summed E-state index contributed by atoms with van der Waals surface area (Å²) in [5.74, 6) is 1.11. The van der Waals surface area contributed by atoms with Gasteiger partial charge in [0.15, 0.2) is 0 Å². The zero-order chi connectivity index (χ0) is 14.6. The number of nitrogens with zero attached hydrogens (tertiary/aromatic N) is 1. The van der Waals surface area contributed by atoms with Crippen molar-refractivity contribution in [1.82, 2.24) is 10.3 Å². The summed E-state index contributed by atoms with van der Waals surface area (Å²) in [4.78, 5) is 6.12. The lowest BCUT2D eigenvalue weighted by Crippen LogP contribution is -2.36. The maximum Gasteiger partial charge on any atom is 0.123 e. The Balaban J connectivity index is 2.20. The van der Waals surface area contributed by atoms with Crippen LogP contribution in [-0.4, -0.2) is 17.3 Å². The molecule has 0 bridgehead atoms. The average molecular weight is 306 g/mol. The van der Waals surface area contributed by atoms with Gasteiger partial charge in [-0.05, 0) is 38.3 Å². The first-order chi connectivity index (χ1) is 9.56. The van der Waals surface area contributed by atoms with E-state index in [9.17, 15) is 0 Å². The van der Waals surface area contributed by atoms with Crippen molar-refractivity contribution < 1.29 is 0 Å². The van der Waals surface area contributed by atoms with E-state index in [1.807, 2.05) is 11.8 Å². The molecular formula is C16H22N2S2. The Hall–Kier alpha value is -0.840. The van der Waals surface area contributed by atoms with Crippen molar-refractivity contribution in [3.8, 4) is 10.6 Å². The van der Waals surface area contributed by atoms with E-state index >= 15 is 0 Å². The van der Waals surface area contributed by atoms with E-state index in [1.165, 1.54) is 10.5 Å². The summed E-state index contributed by atoms with van der Waals surface area (Å²) in [5.41, 5.74) is 2.25. The molecule has 0 amide bonds. The normalized spacial score (nSPS) is 11.8. The lowest BCUT2D eigenvalue weighted by molar-refractivity contribution is 0.406. The van der Waals surface area contributed by atoms with Crippen LogP contribution in [0.4, 0.5) is 0 Å². The van der Waals surface area contributed by atoms with E-state index in [1.54, 1.807) is 11.3 Å². The largest absolute Gasteiger partial charge is 0.307 e. The molecule has 108 valence electrons. The Morgan fingerprint density at radius 1 is 1.20 bits per heavy atom. The molecule has 0 aliphatic carbocycles. The van der Waals surface area contributed by atoms with Gasteiger partial charge in [0, 0.05) is 15.8 Å². The maximum absolute atomic E-state index is 4.80. The standard InChI is InChI=1S/C16H22N2S2/c1-5-17-16(3,4)14-11-20-15(18-14)12-7-9-13(10-8-12)19-6-2/h7-11,17H,5-6H2,1-4H3. The molecule has 4 heteroatoms. The zero-order valence-electron chi connectivity index (χ0n) is 12.6. The van der Waals surface area contributed by atoms with Crippen molar-refractivity contribution >= 4 is 23.1 Å². The summed E-state index contributed by atoms with van der Waals surface area (Å²) in [6, 6.07) is 8.70. The van der Waals surface area contributed by atoms with Crippen molar-refractivity contribution in [3.63, 3.8) is 0 Å². The van der Waals surface area contributed by atoms with E-state index in [0.29, 0.717) is 0 Å². The summed E-state index contributed by atoms with van der Waals surface area (Å²) in [7, 11) is 0. The monoisotopic (exact) mass is 306 g/mol. The van der Waals surface area contributed by atoms with E-state index in [-0.39, 0.29) is 5.54 Å². The summed E-state index contributed by atoms with van der Waals surface area (Å²) in [6.45, 7) is 9.60. The lowest BCUT2D eigenvalue weighted by atomic mass is 10.0. The third kappa shape index (κ3) is 3.62. The van der Waals surface area contributed by atoms with Gasteiger partial charge in [-0.3, -0.25) is 0 Å². The third-order valence-electron chi connectivity index (χ3n) is 3.18. The SMILES string of the molecule is CCNC(C)(C)c1csc(-c2ccc(SCC)cc2)n1. The van der Waals surface area contributed by atoms with E-state index in [0.717, 1.165) is 23.0 Å². The molecule has 2 nitrogen and oxygen atoms in total. The van der Waals surface area contributed by atoms with Crippen LogP contribution in [0.1, 0.15) is 33.4 Å². The number of aromatic nitrogens is 1. The van der Waals surface area contributed by atoms with Crippen molar-refractivity contribution in [3.05, 3.63) is 35.3 Å². The zero-order valence-corrected chi connectivity index (χ0v) is 14.2. The van der Waals surface area contributed by atoms with Crippen LogP contribution in [0.2, 0.25) is 0 Å². The molecule has 1 aromatic carbocycles. The van der Waals surface area contributed by atoms with Gasteiger partial charge in [-0.25, -0.2) is 4.98 Å². The van der Waals surface area contributed by atoms with Gasteiger partial charge in [0.25, 0.3) is 0 Å². The van der Waals surface area contributed by atoms with Crippen LogP contribution in [0.15, 0.2) is 34.5 Å². The summed E-state index contributed by atoms with van der Waals surface area (Å²) in [6.07, 6.45) is 0. The Bertz CT molecular complexity index is 544. The van der Waals surface area contributed by atoms with Crippen LogP contribution in [0.3, 0.4) is 0 Å². The Labute approximate surface area is 130 Å². The molecule has 1 heterocycles. The predicted octanol–water partition coefficient (Wildman–Crippen LogP) is 4.77. The van der Waals surface area contributed by atoms with Gasteiger partial charge in [-0.2, -0.15) is 0 Å². The van der Waals surface area contributed by atoms with Crippen molar-refractivity contribution in [2.24, 2.45) is 0 Å². The second-order valence-electron chi connectivity index (χ2n) is 5.15. The van der Waals surface area contributed by atoms with Crippen LogP contribution in [0, 0.1) is 0 Å². The molecule has 0 radical (unpaired) electrons. The van der Waals surface area contributed by atoms with Crippen LogP contribution in [0.25, 0.3) is 10.6 Å². The van der Waals surface area contributed by atoms with Crippen LogP contribution >= 0.6 is 23.1 Å². The highest BCUT2D eigenvalue weighted by Crippen LogP contribution is 2.30. The molecule has 0 aliphatic rings. The summed E-state index contributed by atoms with van der Waals surface area (Å²) >= 11 is 3.58. The second-order valence-corrected chi connectivity index (χ2v) is 7.35. The van der Waals surface area contributed by atoms with Gasteiger partial charge >= 0.3 is 0 Å². The molecular weight excluding hydrogens is 284 g/mol. The molecule has 1 N–H and O–H groups in total. The first-order valence-electron chi connectivity index (χ1n) is 7.01. The molecule has 0 unspecified atom stereocenters. The molecule has 0 atom stereocenters. The average Bonchev–Trinajstić information content (AvgIpc) is 2.90. The minimum atomic E-state index is -0.0680.